The summed E-state index contributed by atoms with van der Waals surface area (Å²) in [4.78, 5) is 18.0. The molecule has 0 saturated carbocycles. The molecule has 0 radical (unpaired) electrons. The van der Waals surface area contributed by atoms with Crippen molar-refractivity contribution in [3.63, 3.8) is 0 Å². The summed E-state index contributed by atoms with van der Waals surface area (Å²) >= 11 is 0. The summed E-state index contributed by atoms with van der Waals surface area (Å²) in [5.41, 5.74) is 4.90. The van der Waals surface area contributed by atoms with E-state index in [0.717, 1.165) is 0 Å². The summed E-state index contributed by atoms with van der Waals surface area (Å²) in [5.74, 6) is -1.27. The molecule has 0 spiro atoms. The van der Waals surface area contributed by atoms with Gasteiger partial charge in [-0.05, 0) is 0 Å². The van der Waals surface area contributed by atoms with E-state index < -0.39 is 26.9 Å². The molecule has 0 amide bonds. The predicted octanol–water partition coefficient (Wildman–Crippen LogP) is -0.935. The maximum absolute atomic E-state index is 9.93. The molecule has 0 saturated heterocycles. The molecule has 0 aliphatic heterocycles. The van der Waals surface area contributed by atoms with Gasteiger partial charge in [0, 0.05) is 4.57 Å². The van der Waals surface area contributed by atoms with Crippen LogP contribution in [0.4, 0.5) is 0 Å². The summed E-state index contributed by atoms with van der Waals surface area (Å²) < 4.78 is 13.8. The van der Waals surface area contributed by atoms with Crippen molar-refractivity contribution < 1.29 is 23.9 Å². The van der Waals surface area contributed by atoms with E-state index in [1.165, 1.54) is 0 Å². The van der Waals surface area contributed by atoms with Crippen molar-refractivity contribution in [3.8, 4) is 0 Å². The van der Waals surface area contributed by atoms with Gasteiger partial charge in [0.05, 0.1) is 0 Å². The van der Waals surface area contributed by atoms with Gasteiger partial charge in [0.2, 0.25) is 0 Å². The molecule has 2 unspecified atom stereocenters. The van der Waals surface area contributed by atoms with E-state index in [4.69, 9.17) is 15.7 Å². The highest BCUT2D eigenvalue weighted by Gasteiger charge is 2.19. The van der Waals surface area contributed by atoms with Gasteiger partial charge in [0.25, 0.3) is 0 Å². The molecule has 0 rings (SSSR count). The van der Waals surface area contributed by atoms with Crippen molar-refractivity contribution in [2.45, 2.75) is 6.04 Å². The fraction of sp³-hybridized carbons (Fsp3) is 0.667. The highest BCUT2D eigenvalue weighted by Crippen LogP contribution is 2.13. The molecule has 0 aromatic rings. The Hall–Kier alpha value is -0.550. The Morgan fingerprint density at radius 3 is 2.60 bits per heavy atom. The van der Waals surface area contributed by atoms with Crippen molar-refractivity contribution in [1.29, 1.82) is 0 Å². The van der Waals surface area contributed by atoms with Crippen LogP contribution in [-0.2, 0) is 13.9 Å². The summed E-state index contributed by atoms with van der Waals surface area (Å²) in [7, 11) is -2.75. The van der Waals surface area contributed by atoms with Crippen molar-refractivity contribution in [3.05, 3.63) is 0 Å². The number of aliphatic carboxylic acids is 1. The number of nitrogens with two attached hydrogens (primary N) is 1. The Morgan fingerprint density at radius 2 is 2.30 bits per heavy atom. The maximum Gasteiger partial charge on any atom is 0.694 e. The molecule has 6 nitrogen and oxygen atoms in total. The molecule has 4 N–H and O–H groups in total. The fourth-order valence-electron chi connectivity index (χ4n) is 0.215. The topological polar surface area (TPSA) is 110 Å². The fourth-order valence-corrected chi connectivity index (χ4v) is 0.503. The predicted molar refractivity (Wildman–Crippen MR) is 31.4 cm³/mol. The molecule has 7 heteroatoms. The van der Waals surface area contributed by atoms with Crippen LogP contribution >= 0.6 is 8.25 Å². The summed E-state index contributed by atoms with van der Waals surface area (Å²) in [6, 6.07) is -1.24. The van der Waals surface area contributed by atoms with Crippen LogP contribution in [0.3, 0.4) is 0 Å². The van der Waals surface area contributed by atoms with Gasteiger partial charge in [-0.2, -0.15) is 0 Å². The minimum absolute atomic E-state index is 0.457. The third-order valence-electron chi connectivity index (χ3n) is 0.682. The van der Waals surface area contributed by atoms with Gasteiger partial charge in [0.1, 0.15) is 12.6 Å². The minimum Gasteiger partial charge on any atom is -0.480 e. The Morgan fingerprint density at radius 1 is 1.80 bits per heavy atom. The van der Waals surface area contributed by atoms with E-state index in [9.17, 15) is 9.36 Å². The Labute approximate surface area is 57.6 Å². The zero-order chi connectivity index (χ0) is 8.15. The van der Waals surface area contributed by atoms with Crippen molar-refractivity contribution >= 4 is 14.2 Å². The van der Waals surface area contributed by atoms with Gasteiger partial charge in [-0.1, -0.05) is 0 Å². The second-order valence-corrected chi connectivity index (χ2v) is 2.21. The lowest BCUT2D eigenvalue weighted by Gasteiger charge is -1.97. The molecule has 0 aromatic carbocycles. The zero-order valence-corrected chi connectivity index (χ0v) is 5.82. The Bertz CT molecular complexity index is 148. The van der Waals surface area contributed by atoms with Crippen molar-refractivity contribution in [2.75, 3.05) is 6.61 Å². The molecule has 0 aromatic heterocycles. The van der Waals surface area contributed by atoms with Crippen LogP contribution in [0, 0.1) is 0 Å². The number of carboxylic acids is 1. The molecular weight excluding hydrogens is 161 g/mol. The summed E-state index contributed by atoms with van der Waals surface area (Å²) in [6.45, 7) is -0.457. The lowest BCUT2D eigenvalue weighted by molar-refractivity contribution is -0.139. The first-order valence-corrected chi connectivity index (χ1v) is 3.44. The van der Waals surface area contributed by atoms with Crippen molar-refractivity contribution in [2.24, 2.45) is 5.73 Å². The maximum atomic E-state index is 9.93. The molecule has 0 aliphatic rings. The molecule has 0 aliphatic carbocycles. The van der Waals surface area contributed by atoms with Crippen LogP contribution in [0.2, 0.25) is 0 Å². The van der Waals surface area contributed by atoms with Crippen LogP contribution in [0.5, 0.6) is 0 Å². The third-order valence-corrected chi connectivity index (χ3v) is 1.05. The molecule has 0 heterocycles. The van der Waals surface area contributed by atoms with E-state index in [2.05, 4.69) is 4.52 Å². The molecular formula is C3H7NO5P+. The average Bonchev–Trinajstić information content (AvgIpc) is 1.82. The Balaban J connectivity index is 3.49. The summed E-state index contributed by atoms with van der Waals surface area (Å²) in [6.07, 6.45) is 0. The zero-order valence-electron chi connectivity index (χ0n) is 4.93. The quantitative estimate of drug-likeness (QED) is 0.467. The highest BCUT2D eigenvalue weighted by molar-refractivity contribution is 7.32. The number of carbonyl (C=O) groups is 1. The van der Waals surface area contributed by atoms with E-state index in [1.54, 1.807) is 0 Å². The first kappa shape index (κ1) is 9.45. The Kier molecular flexibility index (Phi) is 4.06. The van der Waals surface area contributed by atoms with Gasteiger partial charge in [-0.25, -0.2) is 0 Å². The summed E-state index contributed by atoms with van der Waals surface area (Å²) in [5, 5.41) is 8.11. The van der Waals surface area contributed by atoms with Crippen LogP contribution in [0.15, 0.2) is 0 Å². The number of carboxylic acid groups (broad SMARTS) is 1. The average molecular weight is 168 g/mol. The largest absolute Gasteiger partial charge is 0.694 e. The van der Waals surface area contributed by atoms with E-state index in [0.29, 0.717) is 0 Å². The standard InChI is InChI=1S/C3H6NO5P/c4-2(3(5)6)1-9-10(7)8/h2H,1,4H2,(H-,5,6,7,8)/p+1. The molecule has 0 bridgehead atoms. The van der Waals surface area contributed by atoms with E-state index >= 15 is 0 Å². The second kappa shape index (κ2) is 4.29. The SMILES string of the molecule is NC(CO[P+](=O)O)C(=O)O. The van der Waals surface area contributed by atoms with E-state index in [1.807, 2.05) is 0 Å². The van der Waals surface area contributed by atoms with Gasteiger partial charge >= 0.3 is 14.2 Å². The molecule has 58 valence electrons. The molecule has 2 atom stereocenters. The number of hydrogen-bond donors (Lipinski definition) is 3. The lowest BCUT2D eigenvalue weighted by Crippen LogP contribution is -2.34. The second-order valence-electron chi connectivity index (χ2n) is 1.48. The highest BCUT2D eigenvalue weighted by atomic mass is 31.1. The molecule has 10 heavy (non-hydrogen) atoms. The van der Waals surface area contributed by atoms with Gasteiger partial charge in [0.15, 0.2) is 0 Å². The molecule has 0 fully saturated rings. The van der Waals surface area contributed by atoms with Crippen LogP contribution < -0.4 is 5.73 Å². The van der Waals surface area contributed by atoms with Gasteiger partial charge in [-0.3, -0.25) is 4.79 Å². The monoisotopic (exact) mass is 168 g/mol. The third kappa shape index (κ3) is 4.34. The van der Waals surface area contributed by atoms with E-state index in [-0.39, 0.29) is 0 Å². The first-order chi connectivity index (χ1) is 4.54. The normalized spacial score (nSPS) is 14.4. The smallest absolute Gasteiger partial charge is 0.480 e. The van der Waals surface area contributed by atoms with Crippen LogP contribution in [0.25, 0.3) is 0 Å². The number of rotatable bonds is 4. The number of hydrogen-bond acceptors (Lipinski definition) is 4. The van der Waals surface area contributed by atoms with Gasteiger partial charge < -0.3 is 10.8 Å². The van der Waals surface area contributed by atoms with Gasteiger partial charge in [-0.15, -0.1) is 9.42 Å². The van der Waals surface area contributed by atoms with Crippen LogP contribution in [0.1, 0.15) is 0 Å². The lowest BCUT2D eigenvalue weighted by atomic mass is 10.3. The first-order valence-electron chi connectivity index (χ1n) is 2.31. The van der Waals surface area contributed by atoms with Crippen LogP contribution in [-0.4, -0.2) is 28.6 Å². The van der Waals surface area contributed by atoms with Crippen molar-refractivity contribution in [1.82, 2.24) is 0 Å². The minimum atomic E-state index is -2.75.